The molecule has 0 fully saturated rings. The molecule has 0 saturated carbocycles. The Kier molecular flexibility index (Phi) is 2.90. The smallest absolute Gasteiger partial charge is 0.265 e. The van der Waals surface area contributed by atoms with Crippen LogP contribution in [0.15, 0.2) is 41.9 Å². The highest BCUT2D eigenvalue weighted by molar-refractivity contribution is 7.92. The molecular weight excluding hydrogens is 280 g/mol. The first-order valence-electron chi connectivity index (χ1n) is 5.94. The van der Waals surface area contributed by atoms with E-state index in [-0.39, 0.29) is 4.90 Å². The summed E-state index contributed by atoms with van der Waals surface area (Å²) in [5, 5.41) is 7.91. The van der Waals surface area contributed by atoms with Crippen molar-refractivity contribution in [2.75, 3.05) is 4.72 Å². The zero-order valence-corrected chi connectivity index (χ0v) is 11.4. The predicted octanol–water partition coefficient (Wildman–Crippen LogP) is 0.746. The van der Waals surface area contributed by atoms with Gasteiger partial charge in [0.15, 0.2) is 5.65 Å². The largest absolute Gasteiger partial charge is 0.276 e. The van der Waals surface area contributed by atoms with Crippen LogP contribution in [-0.2, 0) is 16.6 Å². The summed E-state index contributed by atoms with van der Waals surface area (Å²) in [6.45, 7) is 2.49. The lowest BCUT2D eigenvalue weighted by molar-refractivity contribution is 0.600. The summed E-state index contributed by atoms with van der Waals surface area (Å²) >= 11 is 0. The summed E-state index contributed by atoms with van der Waals surface area (Å²) in [7, 11) is -3.69. The minimum absolute atomic E-state index is 0.112. The summed E-state index contributed by atoms with van der Waals surface area (Å²) in [5.74, 6) is 0. The summed E-state index contributed by atoms with van der Waals surface area (Å²) < 4.78 is 30.1. The number of sulfonamides is 1. The van der Waals surface area contributed by atoms with Crippen molar-refractivity contribution in [2.45, 2.75) is 18.4 Å². The molecule has 20 heavy (non-hydrogen) atoms. The third-order valence-corrected chi connectivity index (χ3v) is 4.11. The number of pyridine rings is 1. The molecule has 3 aromatic rings. The van der Waals surface area contributed by atoms with E-state index in [1.165, 1.54) is 23.2 Å². The van der Waals surface area contributed by atoms with Gasteiger partial charge in [-0.3, -0.25) is 9.40 Å². The Hall–Kier alpha value is -2.42. The zero-order valence-electron chi connectivity index (χ0n) is 10.6. The molecule has 0 atom stereocenters. The average molecular weight is 292 g/mol. The molecule has 0 spiro atoms. The number of fused-ring (bicyclic) bond motifs is 1. The van der Waals surface area contributed by atoms with Crippen molar-refractivity contribution in [3.05, 3.63) is 37.1 Å². The Morgan fingerprint density at radius 3 is 2.95 bits per heavy atom. The molecule has 0 aliphatic heterocycles. The highest BCUT2D eigenvalue weighted by Gasteiger charge is 2.18. The van der Waals surface area contributed by atoms with Crippen LogP contribution in [0, 0.1) is 0 Å². The number of anilines is 1. The van der Waals surface area contributed by atoms with Gasteiger partial charge in [0.25, 0.3) is 10.0 Å². The highest BCUT2D eigenvalue weighted by Crippen LogP contribution is 2.18. The van der Waals surface area contributed by atoms with Gasteiger partial charge in [-0.2, -0.15) is 10.2 Å². The molecule has 3 rings (SSSR count). The van der Waals surface area contributed by atoms with E-state index >= 15 is 0 Å². The fraction of sp³-hybridized carbons (Fsp3) is 0.182. The molecule has 9 heteroatoms. The fourth-order valence-corrected chi connectivity index (χ4v) is 2.80. The van der Waals surface area contributed by atoms with Crippen molar-refractivity contribution in [1.29, 1.82) is 0 Å². The molecule has 0 radical (unpaired) electrons. The maximum atomic E-state index is 12.3. The van der Waals surface area contributed by atoms with E-state index < -0.39 is 10.0 Å². The Morgan fingerprint density at radius 1 is 1.35 bits per heavy atom. The predicted molar refractivity (Wildman–Crippen MR) is 71.7 cm³/mol. The molecule has 3 heterocycles. The van der Waals surface area contributed by atoms with Gasteiger partial charge in [0.2, 0.25) is 0 Å². The topological polar surface area (TPSA) is 94.2 Å². The second-order valence-electron chi connectivity index (χ2n) is 4.09. The fourth-order valence-electron chi connectivity index (χ4n) is 1.79. The third-order valence-electron chi connectivity index (χ3n) is 2.79. The van der Waals surface area contributed by atoms with Crippen LogP contribution in [0.25, 0.3) is 5.65 Å². The van der Waals surface area contributed by atoms with Gasteiger partial charge < -0.3 is 0 Å². The van der Waals surface area contributed by atoms with Crippen molar-refractivity contribution in [3.63, 3.8) is 0 Å². The van der Waals surface area contributed by atoms with Crippen molar-refractivity contribution >= 4 is 21.4 Å². The minimum atomic E-state index is -3.69. The number of hydrogen-bond acceptors (Lipinski definition) is 5. The molecule has 0 aliphatic rings. The van der Waals surface area contributed by atoms with Gasteiger partial charge >= 0.3 is 0 Å². The number of nitrogens with zero attached hydrogens (tertiary/aromatic N) is 5. The van der Waals surface area contributed by atoms with Gasteiger partial charge in [-0.05, 0) is 19.1 Å². The van der Waals surface area contributed by atoms with Gasteiger partial charge in [-0.15, -0.1) is 0 Å². The monoisotopic (exact) mass is 292 g/mol. The lowest BCUT2D eigenvalue weighted by atomic mass is 10.4. The second-order valence-corrected chi connectivity index (χ2v) is 5.77. The number of hydrogen-bond donors (Lipinski definition) is 1. The molecule has 0 bridgehead atoms. The van der Waals surface area contributed by atoms with Crippen LogP contribution in [0.4, 0.5) is 5.69 Å². The van der Waals surface area contributed by atoms with E-state index in [0.717, 1.165) is 0 Å². The molecule has 0 aliphatic carbocycles. The van der Waals surface area contributed by atoms with Crippen LogP contribution in [0.1, 0.15) is 6.92 Å². The molecule has 0 amide bonds. The van der Waals surface area contributed by atoms with E-state index in [9.17, 15) is 8.42 Å². The number of aromatic nitrogens is 5. The summed E-state index contributed by atoms with van der Waals surface area (Å²) in [6, 6.07) is 3.32. The normalized spacial score (nSPS) is 11.8. The molecule has 3 aromatic heterocycles. The Morgan fingerprint density at radius 2 is 2.20 bits per heavy atom. The van der Waals surface area contributed by atoms with E-state index in [4.69, 9.17) is 0 Å². The van der Waals surface area contributed by atoms with E-state index in [0.29, 0.717) is 17.9 Å². The van der Waals surface area contributed by atoms with Crippen LogP contribution >= 0.6 is 0 Å². The van der Waals surface area contributed by atoms with Crippen LogP contribution in [0.3, 0.4) is 0 Å². The lowest BCUT2D eigenvalue weighted by Gasteiger charge is -2.06. The van der Waals surface area contributed by atoms with Gasteiger partial charge in [0.1, 0.15) is 11.2 Å². The second kappa shape index (κ2) is 4.60. The van der Waals surface area contributed by atoms with Crippen molar-refractivity contribution < 1.29 is 8.42 Å². The molecule has 104 valence electrons. The quantitative estimate of drug-likeness (QED) is 0.765. The molecule has 0 aromatic carbocycles. The van der Waals surface area contributed by atoms with Gasteiger partial charge in [0, 0.05) is 18.9 Å². The Balaban J connectivity index is 1.99. The van der Waals surface area contributed by atoms with Crippen LogP contribution in [-0.4, -0.2) is 32.8 Å². The van der Waals surface area contributed by atoms with Crippen molar-refractivity contribution in [1.82, 2.24) is 24.4 Å². The highest BCUT2D eigenvalue weighted by atomic mass is 32.2. The molecular formula is C11H12N6O2S. The van der Waals surface area contributed by atoms with Crippen LogP contribution < -0.4 is 4.72 Å². The third kappa shape index (κ3) is 2.11. The summed E-state index contributed by atoms with van der Waals surface area (Å²) in [6.07, 6.45) is 5.85. The first-order chi connectivity index (χ1) is 9.60. The average Bonchev–Trinajstić information content (AvgIpc) is 3.08. The SMILES string of the molecule is CCn1cc(S(=O)(=O)Nc2cccn3ncnc23)cn1. The number of aryl methyl sites for hydroxylation is 1. The number of nitrogens with one attached hydrogen (secondary N) is 1. The van der Waals surface area contributed by atoms with E-state index in [2.05, 4.69) is 19.9 Å². The summed E-state index contributed by atoms with van der Waals surface area (Å²) in [5.41, 5.74) is 0.813. The van der Waals surface area contributed by atoms with Gasteiger partial charge in [-0.25, -0.2) is 17.9 Å². The van der Waals surface area contributed by atoms with Crippen LogP contribution in [0.2, 0.25) is 0 Å². The lowest BCUT2D eigenvalue weighted by Crippen LogP contribution is -2.13. The molecule has 1 N–H and O–H groups in total. The van der Waals surface area contributed by atoms with Crippen molar-refractivity contribution in [3.8, 4) is 0 Å². The van der Waals surface area contributed by atoms with E-state index in [1.54, 1.807) is 23.0 Å². The minimum Gasteiger partial charge on any atom is -0.276 e. The molecule has 0 saturated heterocycles. The maximum Gasteiger partial charge on any atom is 0.265 e. The molecule has 8 nitrogen and oxygen atoms in total. The number of rotatable bonds is 4. The van der Waals surface area contributed by atoms with Gasteiger partial charge in [-0.1, -0.05) is 0 Å². The Labute approximate surface area is 115 Å². The maximum absolute atomic E-state index is 12.3. The van der Waals surface area contributed by atoms with E-state index in [1.807, 2.05) is 6.92 Å². The van der Waals surface area contributed by atoms with Gasteiger partial charge in [0.05, 0.1) is 11.9 Å². The zero-order chi connectivity index (χ0) is 14.2. The summed E-state index contributed by atoms with van der Waals surface area (Å²) in [4.78, 5) is 4.13. The molecule has 0 unspecified atom stereocenters. The Bertz CT molecular complexity index is 851. The van der Waals surface area contributed by atoms with Crippen LogP contribution in [0.5, 0.6) is 0 Å². The standard InChI is InChI=1S/C11H12N6O2S/c1-2-16-7-9(6-13-16)20(18,19)15-10-4-3-5-17-11(10)12-8-14-17/h3-8,15H,2H2,1H3. The first-order valence-corrected chi connectivity index (χ1v) is 7.42. The first kappa shape index (κ1) is 12.6. The van der Waals surface area contributed by atoms with Crippen molar-refractivity contribution in [2.24, 2.45) is 0 Å².